The minimum atomic E-state index is -0.351. The number of nitrogens with two attached hydrogens (primary N) is 1. The smallest absolute Gasteiger partial charge is 0.255 e. The van der Waals surface area contributed by atoms with Crippen LogP contribution in [0.3, 0.4) is 0 Å². The number of rotatable bonds is 3. The Hall–Kier alpha value is -1.98. The van der Waals surface area contributed by atoms with Crippen LogP contribution in [0.2, 0.25) is 5.02 Å². The average molecular weight is 360 g/mol. The number of hydrogen-bond donors (Lipinski definition) is 2. The van der Waals surface area contributed by atoms with Crippen LogP contribution in [-0.2, 0) is 5.54 Å². The van der Waals surface area contributed by atoms with E-state index in [4.69, 9.17) is 17.3 Å². The second-order valence-electron chi connectivity index (χ2n) is 5.86. The van der Waals surface area contributed by atoms with E-state index < -0.39 is 0 Å². The first-order valence-corrected chi connectivity index (χ1v) is 8.98. The molecule has 1 aliphatic rings. The number of hydrogen-bond acceptors (Lipinski definition) is 4. The van der Waals surface area contributed by atoms with Crippen molar-refractivity contribution in [1.29, 1.82) is 0 Å². The van der Waals surface area contributed by atoms with E-state index in [1.807, 2.05) is 24.3 Å². The highest BCUT2D eigenvalue weighted by atomic mass is 35.5. The highest BCUT2D eigenvalue weighted by Crippen LogP contribution is 2.35. The van der Waals surface area contributed by atoms with E-state index >= 15 is 0 Å². The summed E-state index contributed by atoms with van der Waals surface area (Å²) in [5.41, 5.74) is 7.88. The van der Waals surface area contributed by atoms with Gasteiger partial charge in [-0.1, -0.05) is 35.5 Å². The zero-order valence-corrected chi connectivity index (χ0v) is 14.8. The lowest BCUT2D eigenvalue weighted by Crippen LogP contribution is -2.28. The number of benzene rings is 2. The summed E-state index contributed by atoms with van der Waals surface area (Å²) < 4.78 is 0. The molecule has 0 saturated carbocycles. The minimum Gasteiger partial charge on any atom is -0.379 e. The minimum absolute atomic E-state index is 0.170. The molecular formula is C18H18ClN3OS. The molecular weight excluding hydrogens is 342 g/mol. The predicted octanol–water partition coefficient (Wildman–Crippen LogP) is 4.26. The molecule has 124 valence electrons. The van der Waals surface area contributed by atoms with Crippen molar-refractivity contribution in [3.8, 4) is 0 Å². The monoisotopic (exact) mass is 359 g/mol. The third-order valence-corrected chi connectivity index (χ3v) is 5.09. The number of amidine groups is 1. The molecule has 1 unspecified atom stereocenters. The summed E-state index contributed by atoms with van der Waals surface area (Å²) in [7, 11) is 0. The van der Waals surface area contributed by atoms with E-state index in [2.05, 4.69) is 17.2 Å². The van der Waals surface area contributed by atoms with Gasteiger partial charge in [0.05, 0.1) is 5.54 Å². The second kappa shape index (κ2) is 6.87. The van der Waals surface area contributed by atoms with Crippen LogP contribution in [-0.4, -0.2) is 16.8 Å². The zero-order chi connectivity index (χ0) is 17.2. The molecule has 24 heavy (non-hydrogen) atoms. The largest absolute Gasteiger partial charge is 0.379 e. The summed E-state index contributed by atoms with van der Waals surface area (Å²) in [5, 5.41) is 4.13. The van der Waals surface area contributed by atoms with E-state index in [1.165, 1.54) is 0 Å². The molecule has 3 N–H and O–H groups in total. The van der Waals surface area contributed by atoms with Gasteiger partial charge in [0, 0.05) is 22.0 Å². The van der Waals surface area contributed by atoms with E-state index in [-0.39, 0.29) is 11.4 Å². The number of thioether (sulfide) groups is 1. The lowest BCUT2D eigenvalue weighted by Gasteiger charge is -2.30. The summed E-state index contributed by atoms with van der Waals surface area (Å²) in [6, 6.07) is 14.6. The fourth-order valence-electron chi connectivity index (χ4n) is 2.63. The molecule has 0 fully saturated rings. The van der Waals surface area contributed by atoms with Gasteiger partial charge in [0.1, 0.15) is 0 Å². The van der Waals surface area contributed by atoms with Crippen molar-refractivity contribution in [3.63, 3.8) is 0 Å². The number of amides is 1. The van der Waals surface area contributed by atoms with Crippen LogP contribution in [0, 0.1) is 0 Å². The number of nitrogens with zero attached hydrogens (tertiary/aromatic N) is 1. The normalized spacial score (nSPS) is 20.3. The molecule has 1 amide bonds. The average Bonchev–Trinajstić information content (AvgIpc) is 2.55. The van der Waals surface area contributed by atoms with Gasteiger partial charge in [-0.2, -0.15) is 0 Å². The van der Waals surface area contributed by atoms with Gasteiger partial charge in [-0.3, -0.25) is 9.79 Å². The first kappa shape index (κ1) is 16.9. The zero-order valence-electron chi connectivity index (χ0n) is 13.3. The van der Waals surface area contributed by atoms with Crippen LogP contribution < -0.4 is 11.1 Å². The van der Waals surface area contributed by atoms with Gasteiger partial charge in [0.2, 0.25) is 0 Å². The number of carbonyl (C=O) groups excluding carboxylic acids is 1. The van der Waals surface area contributed by atoms with Crippen molar-refractivity contribution >= 4 is 40.1 Å². The standard InChI is InChI=1S/C18H18ClN3OS/c1-18(9-10-24-17(20)22-18)13-3-2-4-15(11-13)21-16(23)12-5-7-14(19)8-6-12/h2-8,11H,9-10H2,1H3,(H2,20,22)(H,21,23). The number of nitrogens with one attached hydrogen (secondary N) is 1. The van der Waals surface area contributed by atoms with Crippen molar-refractivity contribution in [3.05, 3.63) is 64.7 Å². The Morgan fingerprint density at radius 2 is 2.04 bits per heavy atom. The van der Waals surface area contributed by atoms with Gasteiger partial charge in [-0.25, -0.2) is 0 Å². The van der Waals surface area contributed by atoms with E-state index in [9.17, 15) is 4.79 Å². The van der Waals surface area contributed by atoms with Crippen molar-refractivity contribution < 1.29 is 4.79 Å². The predicted molar refractivity (Wildman–Crippen MR) is 102 cm³/mol. The maximum Gasteiger partial charge on any atom is 0.255 e. The number of halogens is 1. The third kappa shape index (κ3) is 3.74. The van der Waals surface area contributed by atoms with E-state index in [0.29, 0.717) is 15.8 Å². The molecule has 0 spiro atoms. The molecule has 4 nitrogen and oxygen atoms in total. The molecule has 2 aromatic carbocycles. The van der Waals surface area contributed by atoms with Gasteiger partial charge < -0.3 is 11.1 Å². The van der Waals surface area contributed by atoms with Crippen molar-refractivity contribution in [2.24, 2.45) is 10.7 Å². The highest BCUT2D eigenvalue weighted by molar-refractivity contribution is 8.13. The van der Waals surface area contributed by atoms with Gasteiger partial charge in [0.25, 0.3) is 5.91 Å². The second-order valence-corrected chi connectivity index (χ2v) is 7.42. The Morgan fingerprint density at radius 3 is 2.75 bits per heavy atom. The van der Waals surface area contributed by atoms with E-state index in [1.54, 1.807) is 36.0 Å². The van der Waals surface area contributed by atoms with Crippen LogP contribution in [0.25, 0.3) is 0 Å². The molecule has 1 aliphatic heterocycles. The Kier molecular flexibility index (Phi) is 4.83. The summed E-state index contributed by atoms with van der Waals surface area (Å²) in [4.78, 5) is 16.9. The fraction of sp³-hybridized carbons (Fsp3) is 0.222. The van der Waals surface area contributed by atoms with Crippen molar-refractivity contribution in [2.45, 2.75) is 18.9 Å². The van der Waals surface area contributed by atoms with Crippen LogP contribution >= 0.6 is 23.4 Å². The maximum atomic E-state index is 12.3. The van der Waals surface area contributed by atoms with Crippen LogP contribution in [0.4, 0.5) is 5.69 Å². The molecule has 1 heterocycles. The molecule has 0 aromatic heterocycles. The number of aliphatic imine (C=N–C) groups is 1. The molecule has 0 bridgehead atoms. The summed E-state index contributed by atoms with van der Waals surface area (Å²) >= 11 is 7.43. The Bertz CT molecular complexity index is 791. The molecule has 0 saturated heterocycles. The first-order valence-electron chi connectivity index (χ1n) is 7.62. The number of carbonyl (C=O) groups is 1. The first-order chi connectivity index (χ1) is 11.5. The maximum absolute atomic E-state index is 12.3. The van der Waals surface area contributed by atoms with Crippen molar-refractivity contribution in [2.75, 3.05) is 11.1 Å². The topological polar surface area (TPSA) is 67.5 Å². The van der Waals surface area contributed by atoms with Gasteiger partial charge >= 0.3 is 0 Å². The molecule has 3 rings (SSSR count). The number of anilines is 1. The van der Waals surface area contributed by atoms with Crippen LogP contribution in [0.1, 0.15) is 29.3 Å². The summed E-state index contributed by atoms with van der Waals surface area (Å²) in [6.45, 7) is 2.07. The van der Waals surface area contributed by atoms with Gasteiger partial charge in [-0.15, -0.1) is 0 Å². The Labute approximate surface area is 150 Å². The fourth-order valence-corrected chi connectivity index (χ4v) is 3.73. The highest BCUT2D eigenvalue weighted by Gasteiger charge is 2.29. The lowest BCUT2D eigenvalue weighted by atomic mass is 9.89. The Balaban J connectivity index is 1.82. The Morgan fingerprint density at radius 1 is 1.29 bits per heavy atom. The van der Waals surface area contributed by atoms with Gasteiger partial charge in [0.15, 0.2) is 5.17 Å². The summed E-state index contributed by atoms with van der Waals surface area (Å²) in [5.74, 6) is 0.767. The van der Waals surface area contributed by atoms with Crippen LogP contribution in [0.5, 0.6) is 0 Å². The molecule has 6 heteroatoms. The quantitative estimate of drug-likeness (QED) is 0.860. The molecule has 2 aromatic rings. The van der Waals surface area contributed by atoms with Crippen molar-refractivity contribution in [1.82, 2.24) is 0 Å². The molecule has 1 atom stereocenters. The third-order valence-electron chi connectivity index (χ3n) is 4.04. The molecule has 0 aliphatic carbocycles. The van der Waals surface area contributed by atoms with Crippen LogP contribution in [0.15, 0.2) is 53.5 Å². The van der Waals surface area contributed by atoms with E-state index in [0.717, 1.165) is 23.4 Å². The van der Waals surface area contributed by atoms with Gasteiger partial charge in [-0.05, 0) is 55.3 Å². The summed E-state index contributed by atoms with van der Waals surface area (Å²) in [6.07, 6.45) is 0.910. The SMILES string of the molecule is CC1(c2cccc(NC(=O)c3ccc(Cl)cc3)c2)CCSC(N)=N1. The lowest BCUT2D eigenvalue weighted by molar-refractivity contribution is 0.102. The molecule has 0 radical (unpaired) electrons.